The Hall–Kier alpha value is -0.170. The highest BCUT2D eigenvalue weighted by Gasteiger charge is 2.35. The van der Waals surface area contributed by atoms with Crippen LogP contribution in [0.3, 0.4) is 0 Å². The molecule has 0 radical (unpaired) electrons. The summed E-state index contributed by atoms with van der Waals surface area (Å²) in [6, 6.07) is 0. The van der Waals surface area contributed by atoms with Gasteiger partial charge in [-0.05, 0) is 38.0 Å². The minimum Gasteiger partial charge on any atom is -0.396 e. The Morgan fingerprint density at radius 3 is 2.61 bits per heavy atom. The molecule has 1 unspecified atom stereocenters. The van der Waals surface area contributed by atoms with Gasteiger partial charge < -0.3 is 9.84 Å². The van der Waals surface area contributed by atoms with Crippen LogP contribution in [0.4, 0.5) is 0 Å². The van der Waals surface area contributed by atoms with E-state index in [-0.39, 0.29) is 11.9 Å². The van der Waals surface area contributed by atoms with E-state index in [4.69, 9.17) is 9.84 Å². The number of aliphatic hydroxyl groups excluding tert-OH is 1. The van der Waals surface area contributed by atoms with Crippen LogP contribution in [0.1, 0.15) is 32.1 Å². The number of nitrogens with zero attached hydrogens (tertiary/aromatic N) is 1. The summed E-state index contributed by atoms with van der Waals surface area (Å²) in [5.74, 6) is 0.318. The molecular formula is C12H23NO4S. The van der Waals surface area contributed by atoms with Crippen LogP contribution < -0.4 is 0 Å². The summed E-state index contributed by atoms with van der Waals surface area (Å²) in [5, 5.41) is 8.71. The van der Waals surface area contributed by atoms with Gasteiger partial charge in [-0.15, -0.1) is 0 Å². The first kappa shape index (κ1) is 14.2. The number of hydrogen-bond donors (Lipinski definition) is 1. The summed E-state index contributed by atoms with van der Waals surface area (Å²) in [6.45, 7) is 2.48. The van der Waals surface area contributed by atoms with Crippen molar-refractivity contribution in [2.24, 2.45) is 5.92 Å². The topological polar surface area (TPSA) is 66.8 Å². The quantitative estimate of drug-likeness (QED) is 0.816. The Kier molecular flexibility index (Phi) is 5.00. The van der Waals surface area contributed by atoms with Crippen LogP contribution >= 0.6 is 0 Å². The average molecular weight is 277 g/mol. The van der Waals surface area contributed by atoms with E-state index in [0.29, 0.717) is 51.5 Å². The Balaban J connectivity index is 1.99. The lowest BCUT2D eigenvalue weighted by molar-refractivity contribution is 0.0965. The molecule has 2 aliphatic heterocycles. The fourth-order valence-corrected chi connectivity index (χ4v) is 4.87. The van der Waals surface area contributed by atoms with Gasteiger partial charge in [0.05, 0.1) is 5.25 Å². The average Bonchev–Trinajstić information content (AvgIpc) is 2.40. The van der Waals surface area contributed by atoms with Crippen LogP contribution in [0.5, 0.6) is 0 Å². The summed E-state index contributed by atoms with van der Waals surface area (Å²) in [7, 11) is -3.16. The molecule has 106 valence electrons. The van der Waals surface area contributed by atoms with E-state index in [0.717, 1.165) is 12.8 Å². The van der Waals surface area contributed by atoms with Crippen molar-refractivity contribution >= 4 is 10.0 Å². The van der Waals surface area contributed by atoms with Gasteiger partial charge in [-0.3, -0.25) is 0 Å². The molecule has 1 N–H and O–H groups in total. The zero-order valence-electron chi connectivity index (χ0n) is 10.8. The van der Waals surface area contributed by atoms with Crippen molar-refractivity contribution in [1.29, 1.82) is 0 Å². The molecule has 0 bridgehead atoms. The first-order valence-electron chi connectivity index (χ1n) is 6.82. The van der Waals surface area contributed by atoms with Gasteiger partial charge >= 0.3 is 0 Å². The predicted octanol–water partition coefficient (Wildman–Crippen LogP) is 0.590. The Morgan fingerprint density at radius 1 is 1.22 bits per heavy atom. The molecule has 0 spiro atoms. The lowest BCUT2D eigenvalue weighted by Gasteiger charge is -2.35. The highest BCUT2D eigenvalue weighted by atomic mass is 32.2. The van der Waals surface area contributed by atoms with Crippen molar-refractivity contribution in [3.63, 3.8) is 0 Å². The van der Waals surface area contributed by atoms with E-state index in [1.807, 2.05) is 0 Å². The van der Waals surface area contributed by atoms with Gasteiger partial charge in [0.25, 0.3) is 0 Å². The third-order valence-corrected chi connectivity index (χ3v) is 6.33. The summed E-state index contributed by atoms with van der Waals surface area (Å²) in [4.78, 5) is 0. The lowest BCUT2D eigenvalue weighted by atomic mass is 9.97. The molecule has 0 aliphatic carbocycles. The minimum absolute atomic E-state index is 0.149. The molecule has 0 amide bonds. The summed E-state index contributed by atoms with van der Waals surface area (Å²) in [6.07, 6.45) is 3.88. The largest absolute Gasteiger partial charge is 0.396 e. The molecule has 2 fully saturated rings. The van der Waals surface area contributed by atoms with Gasteiger partial charge in [0.15, 0.2) is 0 Å². The molecule has 0 saturated carbocycles. The molecular weight excluding hydrogens is 254 g/mol. The van der Waals surface area contributed by atoms with Crippen LogP contribution in [-0.4, -0.2) is 56.0 Å². The third-order valence-electron chi connectivity index (χ3n) is 3.97. The molecule has 0 aromatic heterocycles. The number of ether oxygens (including phenoxy) is 1. The molecule has 6 heteroatoms. The number of aliphatic hydroxyl groups is 1. The monoisotopic (exact) mass is 277 g/mol. The normalized spacial score (nSPS) is 28.4. The fourth-order valence-electron chi connectivity index (χ4n) is 2.86. The molecule has 2 rings (SSSR count). The summed E-state index contributed by atoms with van der Waals surface area (Å²) < 4.78 is 31.9. The van der Waals surface area contributed by atoms with Gasteiger partial charge in [0, 0.05) is 32.9 Å². The van der Waals surface area contributed by atoms with E-state index in [2.05, 4.69) is 0 Å². The molecule has 5 nitrogen and oxygen atoms in total. The van der Waals surface area contributed by atoms with Crippen LogP contribution in [-0.2, 0) is 14.8 Å². The Morgan fingerprint density at radius 2 is 1.94 bits per heavy atom. The maximum atomic E-state index is 12.5. The number of hydrogen-bond acceptors (Lipinski definition) is 4. The Labute approximate surface area is 109 Å². The molecule has 18 heavy (non-hydrogen) atoms. The SMILES string of the molecule is O=S(=O)(C1CCOCC1)N1CCCC(CCO)C1. The van der Waals surface area contributed by atoms with E-state index in [1.54, 1.807) is 4.31 Å². The number of sulfonamides is 1. The van der Waals surface area contributed by atoms with Crippen molar-refractivity contribution in [2.75, 3.05) is 32.9 Å². The number of rotatable bonds is 4. The van der Waals surface area contributed by atoms with Crippen molar-refractivity contribution in [3.8, 4) is 0 Å². The van der Waals surface area contributed by atoms with Gasteiger partial charge in [0.2, 0.25) is 10.0 Å². The maximum Gasteiger partial charge on any atom is 0.217 e. The molecule has 1 atom stereocenters. The van der Waals surface area contributed by atoms with E-state index in [1.165, 1.54) is 0 Å². The highest BCUT2D eigenvalue weighted by molar-refractivity contribution is 7.89. The van der Waals surface area contributed by atoms with Crippen LogP contribution in [0.25, 0.3) is 0 Å². The second kappa shape index (κ2) is 6.32. The van der Waals surface area contributed by atoms with Crippen LogP contribution in [0.15, 0.2) is 0 Å². The zero-order chi connectivity index (χ0) is 13.0. The molecule has 2 saturated heterocycles. The van der Waals surface area contributed by atoms with Crippen molar-refractivity contribution in [2.45, 2.75) is 37.4 Å². The van der Waals surface area contributed by atoms with Gasteiger partial charge in [-0.2, -0.15) is 0 Å². The third kappa shape index (κ3) is 3.23. The van der Waals surface area contributed by atoms with Crippen LogP contribution in [0.2, 0.25) is 0 Å². The summed E-state index contributed by atoms with van der Waals surface area (Å²) in [5.41, 5.74) is 0. The summed E-state index contributed by atoms with van der Waals surface area (Å²) >= 11 is 0. The minimum atomic E-state index is -3.16. The van der Waals surface area contributed by atoms with Crippen molar-refractivity contribution in [3.05, 3.63) is 0 Å². The lowest BCUT2D eigenvalue weighted by Crippen LogP contribution is -2.46. The van der Waals surface area contributed by atoms with E-state index >= 15 is 0 Å². The first-order valence-corrected chi connectivity index (χ1v) is 8.32. The molecule has 2 heterocycles. The highest BCUT2D eigenvalue weighted by Crippen LogP contribution is 2.26. The number of piperidine rings is 1. The van der Waals surface area contributed by atoms with E-state index in [9.17, 15) is 8.42 Å². The van der Waals surface area contributed by atoms with Crippen molar-refractivity contribution in [1.82, 2.24) is 4.31 Å². The van der Waals surface area contributed by atoms with Gasteiger partial charge in [0.1, 0.15) is 0 Å². The van der Waals surface area contributed by atoms with Crippen LogP contribution in [0, 0.1) is 5.92 Å². The predicted molar refractivity (Wildman–Crippen MR) is 68.8 cm³/mol. The molecule has 0 aromatic carbocycles. The first-order chi connectivity index (χ1) is 8.64. The second-order valence-electron chi connectivity index (χ2n) is 5.24. The molecule has 2 aliphatic rings. The van der Waals surface area contributed by atoms with Crippen molar-refractivity contribution < 1.29 is 18.3 Å². The zero-order valence-corrected chi connectivity index (χ0v) is 11.6. The van der Waals surface area contributed by atoms with Gasteiger partial charge in [-0.1, -0.05) is 0 Å². The smallest absolute Gasteiger partial charge is 0.217 e. The fraction of sp³-hybridized carbons (Fsp3) is 1.00. The van der Waals surface area contributed by atoms with Gasteiger partial charge in [-0.25, -0.2) is 12.7 Å². The maximum absolute atomic E-state index is 12.5. The standard InChI is InChI=1S/C12H23NO4S/c14-7-3-11-2-1-6-13(10-11)18(15,16)12-4-8-17-9-5-12/h11-12,14H,1-10H2. The Bertz CT molecular complexity index is 349. The molecule has 0 aromatic rings. The second-order valence-corrected chi connectivity index (χ2v) is 7.45. The van der Waals surface area contributed by atoms with E-state index < -0.39 is 10.0 Å².